The van der Waals surface area contributed by atoms with Crippen LogP contribution in [0.15, 0.2) is 12.3 Å². The van der Waals surface area contributed by atoms with Crippen LogP contribution in [0.4, 0.5) is 0 Å². The molecule has 0 amide bonds. The first-order valence-corrected chi connectivity index (χ1v) is 6.92. The van der Waals surface area contributed by atoms with Crippen molar-refractivity contribution >= 4 is 10.8 Å². The van der Waals surface area contributed by atoms with Crippen LogP contribution in [-0.4, -0.2) is 27.3 Å². The van der Waals surface area contributed by atoms with Crippen molar-refractivity contribution in [3.05, 3.63) is 23.5 Å². The van der Waals surface area contributed by atoms with Gasteiger partial charge < -0.3 is 9.88 Å². The van der Waals surface area contributed by atoms with Gasteiger partial charge in [0.15, 0.2) is 0 Å². The summed E-state index contributed by atoms with van der Waals surface area (Å²) < 4.78 is 12.6. The van der Waals surface area contributed by atoms with E-state index in [0.29, 0.717) is 5.69 Å². The van der Waals surface area contributed by atoms with Gasteiger partial charge >= 0.3 is 0 Å². The number of nitriles is 1. The fraction of sp³-hybridized carbons (Fsp3) is 0.545. The monoisotopic (exact) mass is 239 g/mol. The summed E-state index contributed by atoms with van der Waals surface area (Å²) in [4.78, 5) is 0. The van der Waals surface area contributed by atoms with E-state index in [1.54, 1.807) is 6.26 Å². The Morgan fingerprint density at radius 2 is 2.38 bits per heavy atom. The van der Waals surface area contributed by atoms with Crippen molar-refractivity contribution in [2.24, 2.45) is 7.05 Å². The fourth-order valence-corrected chi connectivity index (χ4v) is 2.02. The lowest BCUT2D eigenvalue weighted by Crippen LogP contribution is -2.16. The second kappa shape index (κ2) is 6.46. The normalized spacial score (nSPS) is 12.3. The first-order valence-electron chi connectivity index (χ1n) is 5.19. The Labute approximate surface area is 98.7 Å². The Hall–Kier alpha value is -1.12. The van der Waals surface area contributed by atoms with Gasteiger partial charge in [0.1, 0.15) is 11.8 Å². The van der Waals surface area contributed by atoms with Crippen molar-refractivity contribution in [1.82, 2.24) is 9.88 Å². The van der Waals surface area contributed by atoms with Gasteiger partial charge in [0, 0.05) is 42.6 Å². The maximum atomic E-state index is 10.8. The number of hydrogen-bond donors (Lipinski definition) is 1. The highest BCUT2D eigenvalue weighted by Crippen LogP contribution is 2.05. The molecule has 88 valence electrons. The second-order valence-electron chi connectivity index (χ2n) is 3.76. The van der Waals surface area contributed by atoms with Gasteiger partial charge in [0.25, 0.3) is 0 Å². The molecule has 0 radical (unpaired) electrons. The van der Waals surface area contributed by atoms with Crippen LogP contribution in [-0.2, 0) is 24.4 Å². The minimum atomic E-state index is -0.702. The standard InChI is InChI=1S/C11H17N3OS/c1-14-9-10(6-11(14)7-12)8-13-4-3-5-16(2)15/h6,9,13H,3-5,8H2,1-2H3. The molecule has 1 aromatic rings. The number of hydrogen-bond acceptors (Lipinski definition) is 3. The van der Waals surface area contributed by atoms with Gasteiger partial charge in [-0.05, 0) is 24.6 Å². The Morgan fingerprint density at radius 1 is 1.62 bits per heavy atom. The number of aryl methyl sites for hydroxylation is 1. The molecule has 1 heterocycles. The number of rotatable bonds is 6. The molecule has 1 unspecified atom stereocenters. The summed E-state index contributed by atoms with van der Waals surface area (Å²) in [7, 11) is 1.16. The van der Waals surface area contributed by atoms with Crippen molar-refractivity contribution in [2.45, 2.75) is 13.0 Å². The molecule has 0 spiro atoms. The molecule has 1 aromatic heterocycles. The maximum absolute atomic E-state index is 10.8. The van der Waals surface area contributed by atoms with Crippen LogP contribution in [0.3, 0.4) is 0 Å². The summed E-state index contributed by atoms with van der Waals surface area (Å²) in [6.45, 7) is 1.61. The molecule has 0 saturated carbocycles. The van der Waals surface area contributed by atoms with Crippen LogP contribution >= 0.6 is 0 Å². The predicted octanol–water partition coefficient (Wildman–Crippen LogP) is 0.755. The highest BCUT2D eigenvalue weighted by Gasteiger charge is 2.01. The van der Waals surface area contributed by atoms with Gasteiger partial charge in [-0.2, -0.15) is 5.26 Å². The SMILES string of the molecule is Cn1cc(CNCCCS(C)=O)cc1C#N. The Bertz CT molecular complexity index is 406. The molecule has 1 atom stereocenters. The van der Waals surface area contributed by atoms with Gasteiger partial charge in [-0.15, -0.1) is 0 Å². The molecule has 0 aliphatic heterocycles. The number of nitrogens with zero attached hydrogens (tertiary/aromatic N) is 2. The van der Waals surface area contributed by atoms with Crippen LogP contribution in [0, 0.1) is 11.3 Å². The largest absolute Gasteiger partial charge is 0.342 e. The molecule has 0 saturated heterocycles. The zero-order chi connectivity index (χ0) is 12.0. The van der Waals surface area contributed by atoms with Crippen molar-refractivity contribution in [3.8, 4) is 6.07 Å². The first-order chi connectivity index (χ1) is 7.63. The number of aromatic nitrogens is 1. The van der Waals surface area contributed by atoms with Crippen LogP contribution in [0.5, 0.6) is 0 Å². The summed E-state index contributed by atoms with van der Waals surface area (Å²) in [6, 6.07) is 4.01. The van der Waals surface area contributed by atoms with E-state index in [1.165, 1.54) is 0 Å². The van der Waals surface area contributed by atoms with Crippen molar-refractivity contribution in [2.75, 3.05) is 18.6 Å². The Balaban J connectivity index is 2.27. The van der Waals surface area contributed by atoms with Gasteiger partial charge in [-0.1, -0.05) is 0 Å². The Morgan fingerprint density at radius 3 is 2.94 bits per heavy atom. The highest BCUT2D eigenvalue weighted by atomic mass is 32.2. The summed E-state index contributed by atoms with van der Waals surface area (Å²) in [5, 5.41) is 12.0. The molecule has 0 aromatic carbocycles. The van der Waals surface area contributed by atoms with E-state index in [1.807, 2.05) is 23.9 Å². The minimum absolute atomic E-state index is 0.673. The summed E-state index contributed by atoms with van der Waals surface area (Å²) in [5.41, 5.74) is 1.78. The molecular weight excluding hydrogens is 222 g/mol. The van der Waals surface area contributed by atoms with Crippen molar-refractivity contribution in [3.63, 3.8) is 0 Å². The molecule has 1 rings (SSSR count). The minimum Gasteiger partial charge on any atom is -0.342 e. The van der Waals surface area contributed by atoms with Gasteiger partial charge in [-0.25, -0.2) is 0 Å². The van der Waals surface area contributed by atoms with E-state index in [4.69, 9.17) is 5.26 Å². The van der Waals surface area contributed by atoms with Crippen LogP contribution < -0.4 is 5.32 Å². The lowest BCUT2D eigenvalue weighted by molar-refractivity contribution is 0.661. The molecule has 0 aliphatic rings. The average molecular weight is 239 g/mol. The van der Waals surface area contributed by atoms with Crippen molar-refractivity contribution < 1.29 is 4.21 Å². The van der Waals surface area contributed by atoms with Crippen LogP contribution in [0.25, 0.3) is 0 Å². The molecule has 0 fully saturated rings. The second-order valence-corrected chi connectivity index (χ2v) is 5.32. The predicted molar refractivity (Wildman–Crippen MR) is 65.4 cm³/mol. The quantitative estimate of drug-likeness (QED) is 0.745. The van der Waals surface area contributed by atoms with E-state index >= 15 is 0 Å². The molecule has 16 heavy (non-hydrogen) atoms. The number of nitrogens with one attached hydrogen (secondary N) is 1. The van der Waals surface area contributed by atoms with E-state index in [0.717, 1.165) is 30.8 Å². The van der Waals surface area contributed by atoms with E-state index < -0.39 is 10.8 Å². The zero-order valence-electron chi connectivity index (χ0n) is 9.69. The van der Waals surface area contributed by atoms with Gasteiger partial charge in [0.05, 0.1) is 0 Å². The molecular formula is C11H17N3OS. The van der Waals surface area contributed by atoms with Gasteiger partial charge in [-0.3, -0.25) is 4.21 Å². The highest BCUT2D eigenvalue weighted by molar-refractivity contribution is 7.84. The average Bonchev–Trinajstić information content (AvgIpc) is 2.58. The van der Waals surface area contributed by atoms with Gasteiger partial charge in [0.2, 0.25) is 0 Å². The lowest BCUT2D eigenvalue weighted by Gasteiger charge is -2.01. The summed E-state index contributed by atoms with van der Waals surface area (Å²) >= 11 is 0. The molecule has 1 N–H and O–H groups in total. The topological polar surface area (TPSA) is 57.8 Å². The Kier molecular flexibility index (Phi) is 5.23. The smallest absolute Gasteiger partial charge is 0.120 e. The van der Waals surface area contributed by atoms with E-state index in [9.17, 15) is 4.21 Å². The fourth-order valence-electron chi connectivity index (χ4n) is 1.47. The van der Waals surface area contributed by atoms with Crippen LogP contribution in [0.2, 0.25) is 0 Å². The van der Waals surface area contributed by atoms with E-state index in [-0.39, 0.29) is 0 Å². The maximum Gasteiger partial charge on any atom is 0.120 e. The summed E-state index contributed by atoms with van der Waals surface area (Å²) in [6.07, 6.45) is 4.58. The molecule has 0 aliphatic carbocycles. The van der Waals surface area contributed by atoms with Crippen LogP contribution in [0.1, 0.15) is 17.7 Å². The van der Waals surface area contributed by atoms with E-state index in [2.05, 4.69) is 11.4 Å². The third kappa shape index (κ3) is 4.17. The lowest BCUT2D eigenvalue weighted by atomic mass is 10.3. The molecule has 0 bridgehead atoms. The third-order valence-electron chi connectivity index (χ3n) is 2.29. The molecule has 5 heteroatoms. The third-order valence-corrected chi connectivity index (χ3v) is 3.15. The summed E-state index contributed by atoms with van der Waals surface area (Å²) in [5.74, 6) is 0.741. The molecule has 4 nitrogen and oxygen atoms in total. The first kappa shape index (κ1) is 12.9. The van der Waals surface area contributed by atoms with Crippen molar-refractivity contribution in [1.29, 1.82) is 5.26 Å². The zero-order valence-corrected chi connectivity index (χ0v) is 10.5.